The number of benzene rings is 2. The van der Waals surface area contributed by atoms with Crippen molar-refractivity contribution in [3.8, 4) is 22.8 Å². The molecule has 43 heavy (non-hydrogen) atoms. The molecule has 1 aliphatic rings. The van der Waals surface area contributed by atoms with E-state index >= 15 is 4.39 Å². The quantitative estimate of drug-likeness (QED) is 0.190. The molecule has 0 unspecified atom stereocenters. The summed E-state index contributed by atoms with van der Waals surface area (Å²) < 4.78 is 59.3. The molecule has 4 aromatic rings. The van der Waals surface area contributed by atoms with E-state index in [0.717, 1.165) is 25.7 Å². The molecule has 1 aliphatic heterocycles. The Morgan fingerprint density at radius 2 is 1.88 bits per heavy atom. The van der Waals surface area contributed by atoms with Crippen molar-refractivity contribution in [1.82, 2.24) is 19.9 Å². The Morgan fingerprint density at radius 3 is 2.67 bits per heavy atom. The monoisotopic (exact) mass is 628 g/mol. The van der Waals surface area contributed by atoms with E-state index in [1.807, 2.05) is 0 Å². The van der Waals surface area contributed by atoms with Crippen LogP contribution in [-0.2, 0) is 19.5 Å². The lowest BCUT2D eigenvalue weighted by Crippen LogP contribution is -2.55. The third-order valence-electron chi connectivity index (χ3n) is 6.52. The van der Waals surface area contributed by atoms with E-state index in [9.17, 15) is 8.42 Å². The number of halogens is 2. The minimum Gasteiger partial charge on any atom is -0.453 e. The topological polar surface area (TPSA) is 128 Å². The lowest BCUT2D eigenvalue weighted by Gasteiger charge is -2.39. The predicted molar refractivity (Wildman–Crippen MR) is 161 cm³/mol. The van der Waals surface area contributed by atoms with Crippen molar-refractivity contribution in [2.75, 3.05) is 56.6 Å². The van der Waals surface area contributed by atoms with Crippen LogP contribution in [0.25, 0.3) is 11.3 Å². The van der Waals surface area contributed by atoms with E-state index in [1.165, 1.54) is 30.5 Å². The Bertz CT molecular complexity index is 1660. The molecule has 1 saturated heterocycles. The number of methoxy groups -OCH3 is 1. The van der Waals surface area contributed by atoms with Gasteiger partial charge in [0.1, 0.15) is 10.6 Å². The van der Waals surface area contributed by atoms with Crippen LogP contribution in [0.2, 0.25) is 5.02 Å². The van der Waals surface area contributed by atoms with Crippen molar-refractivity contribution < 1.29 is 27.0 Å². The molecule has 1 fully saturated rings. The molecule has 0 spiro atoms. The first-order valence-corrected chi connectivity index (χ1v) is 15.3. The summed E-state index contributed by atoms with van der Waals surface area (Å²) in [5, 5.41) is 3.39. The van der Waals surface area contributed by atoms with Crippen LogP contribution < -0.4 is 14.8 Å². The van der Waals surface area contributed by atoms with E-state index in [-0.39, 0.29) is 27.4 Å². The largest absolute Gasteiger partial charge is 0.453 e. The van der Waals surface area contributed by atoms with Crippen LogP contribution in [0, 0.1) is 5.82 Å². The van der Waals surface area contributed by atoms with Crippen LogP contribution in [0.5, 0.6) is 11.5 Å². The Balaban J connectivity index is 1.23. The van der Waals surface area contributed by atoms with Gasteiger partial charge in [0.05, 0.1) is 47.8 Å². The molecule has 5 rings (SSSR count). The number of nitrogens with zero attached hydrogens (tertiary/aromatic N) is 4. The van der Waals surface area contributed by atoms with E-state index in [1.54, 1.807) is 43.8 Å². The molecule has 0 amide bonds. The number of pyridine rings is 1. The first-order chi connectivity index (χ1) is 20.8. The van der Waals surface area contributed by atoms with Gasteiger partial charge in [-0.2, -0.15) is 0 Å². The van der Waals surface area contributed by atoms with Gasteiger partial charge in [0.2, 0.25) is 5.95 Å². The summed E-state index contributed by atoms with van der Waals surface area (Å²) in [6.45, 7) is 4.32. The predicted octanol–water partition coefficient (Wildman–Crippen LogP) is 4.68. The fraction of sp³-hybridized carbons (Fsp3) is 0.276. The van der Waals surface area contributed by atoms with Crippen LogP contribution in [0.15, 0.2) is 78.1 Å². The first kappa shape index (κ1) is 30.6. The summed E-state index contributed by atoms with van der Waals surface area (Å²) in [5.74, 6) is -0.118. The summed E-state index contributed by atoms with van der Waals surface area (Å²) in [7, 11) is -2.38. The number of sulfonamides is 1. The average Bonchev–Trinajstić information content (AvgIpc) is 2.97. The minimum atomic E-state index is -4.03. The van der Waals surface area contributed by atoms with Crippen molar-refractivity contribution in [2.45, 2.75) is 10.9 Å². The van der Waals surface area contributed by atoms with Gasteiger partial charge in [-0.25, -0.2) is 22.8 Å². The number of nitrogens with one attached hydrogen (secondary N) is 2. The van der Waals surface area contributed by atoms with Gasteiger partial charge in [-0.1, -0.05) is 23.7 Å². The van der Waals surface area contributed by atoms with Crippen LogP contribution in [0.4, 0.5) is 16.0 Å². The van der Waals surface area contributed by atoms with Gasteiger partial charge < -0.3 is 19.5 Å². The molecular formula is C29H30ClFN6O5S. The summed E-state index contributed by atoms with van der Waals surface area (Å²) in [4.78, 5) is 15.3. The van der Waals surface area contributed by atoms with Crippen molar-refractivity contribution in [3.05, 3.63) is 84.0 Å². The molecular weight excluding hydrogens is 599 g/mol. The normalized spacial score (nSPS) is 13.8. The van der Waals surface area contributed by atoms with Crippen LogP contribution in [-0.4, -0.2) is 80.9 Å². The smallest absolute Gasteiger partial charge is 0.263 e. The average molecular weight is 629 g/mol. The molecule has 14 heteroatoms. The van der Waals surface area contributed by atoms with Crippen molar-refractivity contribution >= 4 is 33.3 Å². The maximum atomic E-state index is 15.1. The van der Waals surface area contributed by atoms with Gasteiger partial charge in [-0.15, -0.1) is 0 Å². The lowest BCUT2D eigenvalue weighted by atomic mass is 10.1. The molecule has 226 valence electrons. The number of hydrogen-bond acceptors (Lipinski definition) is 10. The zero-order valence-electron chi connectivity index (χ0n) is 23.2. The van der Waals surface area contributed by atoms with Gasteiger partial charge >= 0.3 is 0 Å². The van der Waals surface area contributed by atoms with Gasteiger partial charge in [0.25, 0.3) is 10.0 Å². The number of anilines is 2. The number of likely N-dealkylation sites (tertiary alicyclic amines) is 1. The summed E-state index contributed by atoms with van der Waals surface area (Å²) in [6, 6.07) is 13.3. The van der Waals surface area contributed by atoms with E-state index in [2.05, 4.69) is 29.9 Å². The van der Waals surface area contributed by atoms with Gasteiger partial charge in [0, 0.05) is 51.4 Å². The zero-order chi connectivity index (χ0) is 30.2. The highest BCUT2D eigenvalue weighted by molar-refractivity contribution is 7.92. The highest BCUT2D eigenvalue weighted by Gasteiger charge is 2.27. The van der Waals surface area contributed by atoms with E-state index < -0.39 is 15.8 Å². The third-order valence-corrected chi connectivity index (χ3v) is 8.40. The number of ether oxygens (including phenoxy) is 3. The lowest BCUT2D eigenvalue weighted by molar-refractivity contribution is 0.0436. The minimum absolute atomic E-state index is 0.0133. The summed E-state index contributed by atoms with van der Waals surface area (Å²) in [5.41, 5.74) is 1.08. The fourth-order valence-electron chi connectivity index (χ4n) is 4.34. The van der Waals surface area contributed by atoms with Crippen molar-refractivity contribution in [3.63, 3.8) is 0 Å². The van der Waals surface area contributed by atoms with Crippen LogP contribution in [0.3, 0.4) is 0 Å². The summed E-state index contributed by atoms with van der Waals surface area (Å²) >= 11 is 6.03. The molecule has 2 aromatic carbocycles. The molecule has 0 aliphatic carbocycles. The second-order valence-electron chi connectivity index (χ2n) is 9.63. The van der Waals surface area contributed by atoms with E-state index in [0.29, 0.717) is 42.8 Å². The van der Waals surface area contributed by atoms with E-state index in [4.69, 9.17) is 25.8 Å². The molecule has 0 atom stereocenters. The van der Waals surface area contributed by atoms with Crippen molar-refractivity contribution in [1.29, 1.82) is 0 Å². The zero-order valence-corrected chi connectivity index (χ0v) is 24.8. The Kier molecular flexibility index (Phi) is 10.00. The van der Waals surface area contributed by atoms with Gasteiger partial charge in [-0.3, -0.25) is 14.6 Å². The second-order valence-corrected chi connectivity index (χ2v) is 11.7. The number of rotatable bonds is 14. The summed E-state index contributed by atoms with van der Waals surface area (Å²) in [6.07, 6.45) is 4.72. The molecule has 0 bridgehead atoms. The maximum Gasteiger partial charge on any atom is 0.263 e. The Labute approximate surface area is 254 Å². The van der Waals surface area contributed by atoms with Gasteiger partial charge in [0.15, 0.2) is 11.6 Å². The highest BCUT2D eigenvalue weighted by atomic mass is 35.5. The Morgan fingerprint density at radius 1 is 1.05 bits per heavy atom. The first-order valence-electron chi connectivity index (χ1n) is 13.4. The maximum absolute atomic E-state index is 15.1. The Hall–Kier alpha value is -3.88. The number of hydrogen-bond donors (Lipinski definition) is 2. The second kappa shape index (κ2) is 14.1. The van der Waals surface area contributed by atoms with Crippen LogP contribution >= 0.6 is 11.6 Å². The van der Waals surface area contributed by atoms with Gasteiger partial charge in [-0.05, 0) is 36.4 Å². The molecule has 0 saturated carbocycles. The fourth-order valence-corrected chi connectivity index (χ4v) is 5.91. The van der Waals surface area contributed by atoms with Crippen LogP contribution in [0.1, 0.15) is 0 Å². The molecule has 3 heterocycles. The number of aromatic nitrogens is 3. The molecule has 0 radical (unpaired) electrons. The molecule has 2 N–H and O–H groups in total. The SMILES string of the molecule is COCCOCCN1CC(Nc2nccc(-c3cnccc3Oc3ccc(NS(=O)(=O)c4ccccc4Cl)cc3F)n2)C1. The highest BCUT2D eigenvalue weighted by Crippen LogP contribution is 2.34. The third kappa shape index (κ3) is 7.94. The molecule has 2 aromatic heterocycles. The van der Waals surface area contributed by atoms with Crippen molar-refractivity contribution in [2.24, 2.45) is 0 Å². The standard InChI is InChI=1S/C29H30ClFN6O5S/c1-40-14-15-41-13-12-37-18-21(19-37)34-29-33-11-8-25(35-29)22-17-32-10-9-26(22)42-27-7-6-20(16-24(27)31)36-43(38,39)28-5-3-2-4-23(28)30/h2-11,16-17,21,36H,12-15,18-19H2,1H3,(H,33,34,35). The molecule has 11 nitrogen and oxygen atoms in total.